The molecule has 0 aromatic carbocycles. The van der Waals surface area contributed by atoms with E-state index in [1.165, 1.54) is 24.8 Å². The number of aryl methyl sites for hydroxylation is 2. The van der Waals surface area contributed by atoms with Gasteiger partial charge in [-0.25, -0.2) is 0 Å². The Bertz CT molecular complexity index is 410. The maximum Gasteiger partial charge on any atom is 0.0489 e. The lowest BCUT2D eigenvalue weighted by atomic mass is 9.72. The molecule has 1 aliphatic rings. The molecule has 19 heavy (non-hydrogen) atoms. The minimum Gasteiger partial charge on any atom is -0.271 e. The van der Waals surface area contributed by atoms with Gasteiger partial charge < -0.3 is 0 Å². The molecule has 0 aliphatic heterocycles. The molecule has 1 aromatic rings. The topological polar surface area (TPSA) is 50.9 Å². The lowest BCUT2D eigenvalue weighted by molar-refractivity contribution is 0.171. The van der Waals surface area contributed by atoms with Crippen molar-refractivity contribution in [2.45, 2.75) is 53.0 Å². The second kappa shape index (κ2) is 6.02. The molecule has 3 heteroatoms. The lowest BCUT2D eigenvalue weighted by Gasteiger charge is -2.36. The van der Waals surface area contributed by atoms with E-state index >= 15 is 0 Å². The van der Waals surface area contributed by atoms with Crippen molar-refractivity contribution in [2.24, 2.45) is 23.6 Å². The summed E-state index contributed by atoms with van der Waals surface area (Å²) in [5.74, 6) is 8.12. The van der Waals surface area contributed by atoms with Gasteiger partial charge in [0.1, 0.15) is 0 Å². The zero-order valence-electron chi connectivity index (χ0n) is 12.6. The summed E-state index contributed by atoms with van der Waals surface area (Å²) in [4.78, 5) is 4.45. The maximum atomic E-state index is 5.85. The first-order valence-electron chi connectivity index (χ1n) is 7.42. The summed E-state index contributed by atoms with van der Waals surface area (Å²) in [6.45, 7) is 8.84. The van der Waals surface area contributed by atoms with Crippen molar-refractivity contribution in [2.75, 3.05) is 0 Å². The van der Waals surface area contributed by atoms with E-state index in [9.17, 15) is 0 Å². The average molecular weight is 261 g/mol. The molecule has 1 aliphatic carbocycles. The van der Waals surface area contributed by atoms with Crippen LogP contribution in [-0.4, -0.2) is 4.98 Å². The molecular weight excluding hydrogens is 234 g/mol. The molecule has 2 rings (SSSR count). The number of pyridine rings is 1. The summed E-state index contributed by atoms with van der Waals surface area (Å²) >= 11 is 0. The van der Waals surface area contributed by atoms with Crippen LogP contribution in [0.4, 0.5) is 0 Å². The minimum atomic E-state index is 0.260. The minimum absolute atomic E-state index is 0.260. The fourth-order valence-corrected chi connectivity index (χ4v) is 3.44. The first-order chi connectivity index (χ1) is 9.01. The Labute approximate surface area is 117 Å². The van der Waals surface area contributed by atoms with Crippen LogP contribution in [0.3, 0.4) is 0 Å². The third-order valence-electron chi connectivity index (χ3n) is 4.75. The van der Waals surface area contributed by atoms with Crippen molar-refractivity contribution in [1.29, 1.82) is 0 Å². The first-order valence-corrected chi connectivity index (χ1v) is 7.42. The van der Waals surface area contributed by atoms with Gasteiger partial charge in [-0.2, -0.15) is 0 Å². The number of hydrazine groups is 1. The quantitative estimate of drug-likeness (QED) is 0.648. The van der Waals surface area contributed by atoms with Crippen LogP contribution in [0.15, 0.2) is 12.1 Å². The van der Waals surface area contributed by atoms with E-state index < -0.39 is 0 Å². The van der Waals surface area contributed by atoms with Crippen LogP contribution in [0.25, 0.3) is 0 Å². The predicted molar refractivity (Wildman–Crippen MR) is 79.4 cm³/mol. The Morgan fingerprint density at radius 1 is 1.16 bits per heavy atom. The van der Waals surface area contributed by atoms with Crippen LogP contribution in [0.1, 0.15) is 56.1 Å². The Hall–Kier alpha value is -0.930. The molecule has 0 radical (unpaired) electrons. The molecule has 0 saturated heterocycles. The summed E-state index contributed by atoms with van der Waals surface area (Å²) in [7, 11) is 0. The molecule has 3 nitrogen and oxygen atoms in total. The fourth-order valence-electron chi connectivity index (χ4n) is 3.44. The van der Waals surface area contributed by atoms with Crippen LogP contribution in [0.2, 0.25) is 0 Å². The molecule has 3 N–H and O–H groups in total. The van der Waals surface area contributed by atoms with Crippen LogP contribution >= 0.6 is 0 Å². The highest BCUT2D eigenvalue weighted by atomic mass is 15.2. The second-order valence-corrected chi connectivity index (χ2v) is 6.36. The highest BCUT2D eigenvalue weighted by Gasteiger charge is 2.30. The van der Waals surface area contributed by atoms with Gasteiger partial charge in [-0.15, -0.1) is 0 Å². The van der Waals surface area contributed by atoms with Gasteiger partial charge in [-0.05, 0) is 62.1 Å². The summed E-state index contributed by atoms with van der Waals surface area (Å²) in [6, 6.07) is 4.59. The molecule has 0 amide bonds. The highest BCUT2D eigenvalue weighted by Crippen LogP contribution is 2.39. The zero-order valence-corrected chi connectivity index (χ0v) is 12.6. The molecule has 1 aromatic heterocycles. The smallest absolute Gasteiger partial charge is 0.0489 e. The van der Waals surface area contributed by atoms with Gasteiger partial charge in [0.25, 0.3) is 0 Å². The van der Waals surface area contributed by atoms with Gasteiger partial charge in [0.15, 0.2) is 0 Å². The van der Waals surface area contributed by atoms with Gasteiger partial charge >= 0.3 is 0 Å². The number of nitrogens with one attached hydrogen (secondary N) is 1. The van der Waals surface area contributed by atoms with Gasteiger partial charge in [0, 0.05) is 17.4 Å². The van der Waals surface area contributed by atoms with E-state index in [0.29, 0.717) is 5.92 Å². The molecule has 0 bridgehead atoms. The van der Waals surface area contributed by atoms with E-state index in [4.69, 9.17) is 5.84 Å². The van der Waals surface area contributed by atoms with Crippen molar-refractivity contribution in [3.8, 4) is 0 Å². The van der Waals surface area contributed by atoms with Gasteiger partial charge in [-0.1, -0.05) is 20.3 Å². The number of rotatable bonds is 3. The Kier molecular flexibility index (Phi) is 4.58. The largest absolute Gasteiger partial charge is 0.271 e. The Balaban J connectivity index is 2.19. The number of nitrogens with zero attached hydrogens (tertiary/aromatic N) is 1. The van der Waals surface area contributed by atoms with Crippen molar-refractivity contribution < 1.29 is 0 Å². The molecule has 106 valence electrons. The number of hydrogen-bond donors (Lipinski definition) is 2. The molecule has 4 atom stereocenters. The third kappa shape index (κ3) is 3.34. The lowest BCUT2D eigenvalue weighted by Crippen LogP contribution is -2.37. The average Bonchev–Trinajstić information content (AvgIpc) is 2.33. The summed E-state index contributed by atoms with van der Waals surface area (Å²) in [5.41, 5.74) is 6.49. The van der Waals surface area contributed by atoms with Gasteiger partial charge in [0.05, 0.1) is 0 Å². The molecule has 4 unspecified atom stereocenters. The Morgan fingerprint density at radius 2 is 1.79 bits per heavy atom. The van der Waals surface area contributed by atoms with Crippen LogP contribution in [-0.2, 0) is 0 Å². The van der Waals surface area contributed by atoms with Crippen LogP contribution < -0.4 is 11.3 Å². The molecule has 1 fully saturated rings. The maximum absolute atomic E-state index is 5.85. The molecule has 1 heterocycles. The normalized spacial score (nSPS) is 29.2. The number of aromatic nitrogens is 1. The van der Waals surface area contributed by atoms with Crippen molar-refractivity contribution in [3.05, 3.63) is 29.1 Å². The molecular formula is C16H27N3. The van der Waals surface area contributed by atoms with Crippen molar-refractivity contribution >= 4 is 0 Å². The second-order valence-electron chi connectivity index (χ2n) is 6.36. The van der Waals surface area contributed by atoms with Crippen LogP contribution in [0, 0.1) is 31.6 Å². The van der Waals surface area contributed by atoms with Gasteiger partial charge in [-0.3, -0.25) is 16.3 Å². The van der Waals surface area contributed by atoms with E-state index in [-0.39, 0.29) is 6.04 Å². The van der Waals surface area contributed by atoms with Crippen molar-refractivity contribution in [3.63, 3.8) is 0 Å². The third-order valence-corrected chi connectivity index (χ3v) is 4.75. The van der Waals surface area contributed by atoms with Crippen LogP contribution in [0.5, 0.6) is 0 Å². The predicted octanol–water partition coefficient (Wildman–Crippen LogP) is 3.28. The van der Waals surface area contributed by atoms with E-state index in [2.05, 4.69) is 50.2 Å². The highest BCUT2D eigenvalue weighted by molar-refractivity contribution is 5.24. The van der Waals surface area contributed by atoms with E-state index in [1.54, 1.807) is 0 Å². The van der Waals surface area contributed by atoms with Crippen molar-refractivity contribution in [1.82, 2.24) is 10.4 Å². The number of hydrogen-bond acceptors (Lipinski definition) is 3. The first kappa shape index (κ1) is 14.5. The monoisotopic (exact) mass is 261 g/mol. The van der Waals surface area contributed by atoms with E-state index in [1.807, 2.05) is 0 Å². The zero-order chi connectivity index (χ0) is 14.0. The van der Waals surface area contributed by atoms with Gasteiger partial charge in [0.2, 0.25) is 0 Å². The molecule has 1 saturated carbocycles. The summed E-state index contributed by atoms with van der Waals surface area (Å²) < 4.78 is 0. The number of nitrogens with two attached hydrogens (primary N) is 1. The standard InChI is InChI=1S/C16H27N3/c1-10-5-6-14(7-11(10)2)16(19-17)15-8-12(3)18-13(4)9-15/h8-11,14,16,19H,5-7,17H2,1-4H3. The summed E-state index contributed by atoms with van der Waals surface area (Å²) in [6.07, 6.45) is 3.84. The van der Waals surface area contributed by atoms with E-state index in [0.717, 1.165) is 23.2 Å². The SMILES string of the molecule is Cc1cc(C(NN)C2CCC(C)C(C)C2)cc(C)n1. The summed E-state index contributed by atoms with van der Waals surface area (Å²) in [5, 5.41) is 0. The molecule has 0 spiro atoms. The fraction of sp³-hybridized carbons (Fsp3) is 0.688. The Morgan fingerprint density at radius 3 is 2.32 bits per heavy atom.